The number of imidazole rings is 1. The average molecular weight is 235 g/mol. The molecule has 0 saturated heterocycles. The molecule has 0 aliphatic heterocycles. The molecule has 0 aromatic carbocycles. The zero-order chi connectivity index (χ0) is 12.3. The van der Waals surface area contributed by atoms with Crippen molar-refractivity contribution < 1.29 is 14.3 Å². The molecule has 0 aliphatic carbocycles. The summed E-state index contributed by atoms with van der Waals surface area (Å²) in [6.45, 7) is 0.612. The molecule has 2 heterocycles. The second kappa shape index (κ2) is 4.92. The molecule has 0 aliphatic rings. The molecule has 0 unspecified atom stereocenters. The van der Waals surface area contributed by atoms with E-state index in [1.165, 1.54) is 6.20 Å². The van der Waals surface area contributed by atoms with Gasteiger partial charge in [-0.15, -0.1) is 0 Å². The number of carbonyl (C=O) groups excluding carboxylic acids is 1. The van der Waals surface area contributed by atoms with Gasteiger partial charge in [-0.25, -0.2) is 14.8 Å². The number of aryl methyl sites for hydroxylation is 1. The lowest BCUT2D eigenvalue weighted by molar-refractivity contribution is 0.0388. The summed E-state index contributed by atoms with van der Waals surface area (Å²) in [7, 11) is 3.40. The smallest absolute Gasteiger partial charge is 0.339 e. The highest BCUT2D eigenvalue weighted by Crippen LogP contribution is 2.11. The van der Waals surface area contributed by atoms with E-state index in [0.29, 0.717) is 17.7 Å². The molecule has 0 fully saturated rings. The third-order valence-corrected chi connectivity index (χ3v) is 2.31. The van der Waals surface area contributed by atoms with Gasteiger partial charge in [-0.3, -0.25) is 0 Å². The molecule has 6 heteroatoms. The van der Waals surface area contributed by atoms with Crippen LogP contribution in [0.5, 0.6) is 0 Å². The lowest BCUT2D eigenvalue weighted by Crippen LogP contribution is -2.10. The van der Waals surface area contributed by atoms with Crippen LogP contribution in [-0.4, -0.2) is 40.8 Å². The highest BCUT2D eigenvalue weighted by Gasteiger charge is 2.10. The van der Waals surface area contributed by atoms with Crippen molar-refractivity contribution in [2.24, 2.45) is 7.05 Å². The molecule has 0 N–H and O–H groups in total. The number of methoxy groups -OCH3 is 1. The van der Waals surface area contributed by atoms with Gasteiger partial charge in [-0.2, -0.15) is 0 Å². The lowest BCUT2D eigenvalue weighted by Gasteiger charge is -2.03. The molecule has 6 nitrogen and oxygen atoms in total. The molecule has 0 amide bonds. The van der Waals surface area contributed by atoms with Gasteiger partial charge in [0, 0.05) is 20.4 Å². The van der Waals surface area contributed by atoms with E-state index >= 15 is 0 Å². The standard InChI is InChI=1S/C11H13N3O3/c1-14-7-13-9-5-8(6-12-10(9)14)11(15)17-4-3-16-2/h5-7H,3-4H2,1-2H3. The largest absolute Gasteiger partial charge is 0.460 e. The maximum atomic E-state index is 11.6. The fraction of sp³-hybridized carbons (Fsp3) is 0.364. The maximum absolute atomic E-state index is 11.6. The molecule has 0 atom stereocenters. The van der Waals surface area contributed by atoms with Gasteiger partial charge in [0.05, 0.1) is 18.5 Å². The number of fused-ring (bicyclic) bond motifs is 1. The summed E-state index contributed by atoms with van der Waals surface area (Å²) in [6.07, 6.45) is 3.14. The van der Waals surface area contributed by atoms with Crippen molar-refractivity contribution in [3.8, 4) is 0 Å². The van der Waals surface area contributed by atoms with E-state index in [2.05, 4.69) is 9.97 Å². The highest BCUT2D eigenvalue weighted by atomic mass is 16.6. The van der Waals surface area contributed by atoms with E-state index in [4.69, 9.17) is 9.47 Å². The Kier molecular flexibility index (Phi) is 3.34. The Morgan fingerprint density at radius 3 is 3.00 bits per heavy atom. The van der Waals surface area contributed by atoms with Crippen molar-refractivity contribution in [1.82, 2.24) is 14.5 Å². The Bertz CT molecular complexity index is 536. The fourth-order valence-corrected chi connectivity index (χ4v) is 1.43. The van der Waals surface area contributed by atoms with Crippen molar-refractivity contribution >= 4 is 17.1 Å². The molecule has 0 spiro atoms. The summed E-state index contributed by atoms with van der Waals surface area (Å²) in [4.78, 5) is 19.9. The van der Waals surface area contributed by atoms with Crippen molar-refractivity contribution in [3.05, 3.63) is 24.2 Å². The topological polar surface area (TPSA) is 66.2 Å². The number of ether oxygens (including phenoxy) is 2. The number of nitrogens with zero attached hydrogens (tertiary/aromatic N) is 3. The second-order valence-corrected chi connectivity index (χ2v) is 3.55. The van der Waals surface area contributed by atoms with Crippen molar-refractivity contribution in [1.29, 1.82) is 0 Å². The molecular weight excluding hydrogens is 222 g/mol. The maximum Gasteiger partial charge on any atom is 0.339 e. The number of esters is 1. The first kappa shape index (κ1) is 11.5. The quantitative estimate of drug-likeness (QED) is 0.578. The van der Waals surface area contributed by atoms with Crippen molar-refractivity contribution in [3.63, 3.8) is 0 Å². The summed E-state index contributed by atoms with van der Waals surface area (Å²) >= 11 is 0. The number of hydrogen-bond acceptors (Lipinski definition) is 5. The second-order valence-electron chi connectivity index (χ2n) is 3.55. The minimum absolute atomic E-state index is 0.232. The predicted molar refractivity (Wildman–Crippen MR) is 60.7 cm³/mol. The third kappa shape index (κ3) is 2.42. The van der Waals surface area contributed by atoms with Gasteiger partial charge in [0.25, 0.3) is 0 Å². The summed E-state index contributed by atoms with van der Waals surface area (Å²) in [5.74, 6) is -0.415. The van der Waals surface area contributed by atoms with E-state index in [0.717, 1.165) is 5.65 Å². The van der Waals surface area contributed by atoms with Gasteiger partial charge in [0.1, 0.15) is 12.1 Å². The fourth-order valence-electron chi connectivity index (χ4n) is 1.43. The molecule has 90 valence electrons. The SMILES string of the molecule is COCCOC(=O)c1cnc2c(c1)ncn2C. The van der Waals surface area contributed by atoms with E-state index in [9.17, 15) is 4.79 Å². The first-order valence-electron chi connectivity index (χ1n) is 5.15. The molecular formula is C11H13N3O3. The van der Waals surface area contributed by atoms with E-state index in [1.54, 1.807) is 24.1 Å². The highest BCUT2D eigenvalue weighted by molar-refractivity contribution is 5.92. The predicted octanol–water partition coefficient (Wildman–Crippen LogP) is 0.771. The lowest BCUT2D eigenvalue weighted by atomic mass is 10.3. The number of hydrogen-bond donors (Lipinski definition) is 0. The van der Waals surface area contributed by atoms with E-state index < -0.39 is 5.97 Å². The zero-order valence-electron chi connectivity index (χ0n) is 9.71. The molecule has 2 rings (SSSR count). The Morgan fingerprint density at radius 1 is 1.41 bits per heavy atom. The Morgan fingerprint density at radius 2 is 2.24 bits per heavy atom. The molecule has 0 radical (unpaired) electrons. The molecule has 2 aromatic rings. The first-order valence-corrected chi connectivity index (χ1v) is 5.15. The van der Waals surface area contributed by atoms with Gasteiger partial charge in [-0.1, -0.05) is 0 Å². The Labute approximate surface area is 98.2 Å². The van der Waals surface area contributed by atoms with Crippen LogP contribution in [-0.2, 0) is 16.5 Å². The van der Waals surface area contributed by atoms with Crippen LogP contribution in [0.1, 0.15) is 10.4 Å². The number of rotatable bonds is 4. The number of aromatic nitrogens is 3. The van der Waals surface area contributed by atoms with Crippen LogP contribution >= 0.6 is 0 Å². The monoisotopic (exact) mass is 235 g/mol. The van der Waals surface area contributed by atoms with Crippen LogP contribution in [0.4, 0.5) is 0 Å². The minimum Gasteiger partial charge on any atom is -0.460 e. The van der Waals surface area contributed by atoms with Crippen LogP contribution in [0.15, 0.2) is 18.6 Å². The van der Waals surface area contributed by atoms with Gasteiger partial charge in [0.2, 0.25) is 0 Å². The van der Waals surface area contributed by atoms with Gasteiger partial charge in [-0.05, 0) is 6.07 Å². The summed E-state index contributed by atoms with van der Waals surface area (Å²) in [5.41, 5.74) is 1.81. The van der Waals surface area contributed by atoms with Crippen molar-refractivity contribution in [2.75, 3.05) is 20.3 Å². The van der Waals surface area contributed by atoms with Crippen LogP contribution in [0.25, 0.3) is 11.2 Å². The van der Waals surface area contributed by atoms with Crippen LogP contribution < -0.4 is 0 Å². The van der Waals surface area contributed by atoms with Crippen LogP contribution in [0, 0.1) is 0 Å². The van der Waals surface area contributed by atoms with Gasteiger partial charge in [0.15, 0.2) is 5.65 Å². The molecule has 17 heavy (non-hydrogen) atoms. The van der Waals surface area contributed by atoms with Crippen LogP contribution in [0.3, 0.4) is 0 Å². The first-order chi connectivity index (χ1) is 8.22. The van der Waals surface area contributed by atoms with Crippen LogP contribution in [0.2, 0.25) is 0 Å². The molecule has 2 aromatic heterocycles. The van der Waals surface area contributed by atoms with Gasteiger partial charge < -0.3 is 14.0 Å². The van der Waals surface area contributed by atoms with Gasteiger partial charge >= 0.3 is 5.97 Å². The van der Waals surface area contributed by atoms with Crippen molar-refractivity contribution in [2.45, 2.75) is 0 Å². The Hall–Kier alpha value is -1.95. The third-order valence-electron chi connectivity index (χ3n) is 2.31. The Balaban J connectivity index is 2.15. The summed E-state index contributed by atoms with van der Waals surface area (Å²) < 4.78 is 11.6. The molecule has 0 bridgehead atoms. The molecule has 0 saturated carbocycles. The summed E-state index contributed by atoms with van der Waals surface area (Å²) in [6, 6.07) is 1.66. The van der Waals surface area contributed by atoms with E-state index in [-0.39, 0.29) is 6.61 Å². The number of pyridine rings is 1. The van der Waals surface area contributed by atoms with E-state index in [1.807, 2.05) is 7.05 Å². The average Bonchev–Trinajstić information content (AvgIpc) is 2.71. The normalized spacial score (nSPS) is 10.7. The minimum atomic E-state index is -0.415. The zero-order valence-corrected chi connectivity index (χ0v) is 9.71. The number of carbonyl (C=O) groups is 1. The summed E-state index contributed by atoms with van der Waals surface area (Å²) in [5, 5.41) is 0.